The highest BCUT2D eigenvalue weighted by atomic mass is 35.5. The Bertz CT molecular complexity index is 228. The van der Waals surface area contributed by atoms with Gasteiger partial charge in [0, 0.05) is 0 Å². The molecule has 0 aliphatic carbocycles. The predicted molar refractivity (Wildman–Crippen MR) is 53.9 cm³/mol. The summed E-state index contributed by atoms with van der Waals surface area (Å²) in [6, 6.07) is 0. The van der Waals surface area contributed by atoms with Gasteiger partial charge < -0.3 is 10.8 Å². The summed E-state index contributed by atoms with van der Waals surface area (Å²) in [7, 11) is 0. The third kappa shape index (κ3) is 3.79. The average Bonchev–Trinajstić information content (AvgIpc) is 1.82. The van der Waals surface area contributed by atoms with Crippen LogP contribution in [0.4, 0.5) is 0 Å². The molecule has 0 bridgehead atoms. The minimum absolute atomic E-state index is 0.250. The number of alkyl halides is 1. The molecular weight excluding hydrogens is 190 g/mol. The molecule has 0 saturated carbocycles. The number of hydrogen-bond acceptors (Lipinski definition) is 2. The summed E-state index contributed by atoms with van der Waals surface area (Å²) in [5.41, 5.74) is 6.34. The van der Waals surface area contributed by atoms with Crippen molar-refractivity contribution in [1.29, 1.82) is 0 Å². The second kappa shape index (κ2) is 4.63. The maximum Gasteiger partial charge on any atom is 0.333 e. The van der Waals surface area contributed by atoms with Gasteiger partial charge in [-0.3, -0.25) is 0 Å². The van der Waals surface area contributed by atoms with E-state index in [2.05, 4.69) is 0 Å². The van der Waals surface area contributed by atoms with Gasteiger partial charge in [0.25, 0.3) is 0 Å². The Hall–Kier alpha value is -0.540. The second-order valence-corrected chi connectivity index (χ2v) is 4.42. The zero-order valence-electron chi connectivity index (χ0n) is 8.22. The number of halogens is 1. The summed E-state index contributed by atoms with van der Waals surface area (Å²) in [6.45, 7) is 5.52. The highest BCUT2D eigenvalue weighted by molar-refractivity contribution is 6.28. The molecular formula is C9H16ClNO2. The summed E-state index contributed by atoms with van der Waals surface area (Å²) in [6.07, 6.45) is 0.567. The zero-order valence-corrected chi connectivity index (χ0v) is 8.98. The summed E-state index contributed by atoms with van der Waals surface area (Å²) in [5, 5.41) is 8.92. The van der Waals surface area contributed by atoms with Crippen LogP contribution in [0, 0.1) is 0 Å². The topological polar surface area (TPSA) is 63.3 Å². The fourth-order valence-corrected chi connectivity index (χ4v) is 1.53. The fraction of sp³-hybridized carbons (Fsp3) is 0.667. The smallest absolute Gasteiger partial charge is 0.333 e. The number of carboxylic acids is 1. The third-order valence-corrected chi connectivity index (χ3v) is 1.94. The first kappa shape index (κ1) is 12.5. The second-order valence-electron chi connectivity index (χ2n) is 3.47. The van der Waals surface area contributed by atoms with Crippen LogP contribution in [0.1, 0.15) is 27.2 Å². The van der Waals surface area contributed by atoms with Crippen molar-refractivity contribution in [1.82, 2.24) is 0 Å². The predicted octanol–water partition coefficient (Wildman–Crippen LogP) is 1.75. The molecule has 0 aliphatic rings. The van der Waals surface area contributed by atoms with Crippen LogP contribution < -0.4 is 5.73 Å². The molecule has 13 heavy (non-hydrogen) atoms. The van der Waals surface area contributed by atoms with Crippen molar-refractivity contribution in [3.8, 4) is 0 Å². The monoisotopic (exact) mass is 205 g/mol. The van der Waals surface area contributed by atoms with Crippen molar-refractivity contribution in [2.24, 2.45) is 5.73 Å². The van der Waals surface area contributed by atoms with Gasteiger partial charge in [-0.15, -0.1) is 11.6 Å². The quantitative estimate of drug-likeness (QED) is 0.543. The van der Waals surface area contributed by atoms with Gasteiger partial charge in [-0.25, -0.2) is 4.79 Å². The van der Waals surface area contributed by atoms with Crippen LogP contribution in [0.25, 0.3) is 0 Å². The SMILES string of the molecule is CC(CCN)=C(C(=O)O)C(C)(C)Cl. The van der Waals surface area contributed by atoms with Crippen LogP contribution in [0.15, 0.2) is 11.1 Å². The molecule has 0 radical (unpaired) electrons. The maximum atomic E-state index is 10.9. The van der Waals surface area contributed by atoms with Crippen LogP contribution in [0.5, 0.6) is 0 Å². The summed E-state index contributed by atoms with van der Waals surface area (Å²) in [4.78, 5) is 10.0. The van der Waals surface area contributed by atoms with Crippen molar-refractivity contribution in [2.45, 2.75) is 32.1 Å². The molecule has 0 atom stereocenters. The third-order valence-electron chi connectivity index (χ3n) is 1.75. The lowest BCUT2D eigenvalue weighted by atomic mass is 9.95. The normalized spacial score (nSPS) is 13.9. The first-order valence-corrected chi connectivity index (χ1v) is 4.51. The number of rotatable bonds is 4. The van der Waals surface area contributed by atoms with Crippen LogP contribution in [0.3, 0.4) is 0 Å². The Morgan fingerprint density at radius 2 is 2.00 bits per heavy atom. The molecule has 0 amide bonds. The number of nitrogens with two attached hydrogens (primary N) is 1. The fourth-order valence-electron chi connectivity index (χ4n) is 1.29. The van der Waals surface area contributed by atoms with E-state index in [1.807, 2.05) is 0 Å². The molecule has 4 heteroatoms. The molecule has 0 fully saturated rings. The molecule has 0 aromatic heterocycles. The average molecular weight is 206 g/mol. The van der Waals surface area contributed by atoms with Gasteiger partial charge in [-0.1, -0.05) is 5.57 Å². The largest absolute Gasteiger partial charge is 0.478 e. The molecule has 0 saturated heterocycles. The van der Waals surface area contributed by atoms with Gasteiger partial charge in [0.1, 0.15) is 0 Å². The van der Waals surface area contributed by atoms with E-state index in [1.54, 1.807) is 20.8 Å². The van der Waals surface area contributed by atoms with Crippen LogP contribution >= 0.6 is 11.6 Å². The number of carbonyl (C=O) groups is 1. The van der Waals surface area contributed by atoms with Gasteiger partial charge in [-0.05, 0) is 33.7 Å². The van der Waals surface area contributed by atoms with Crippen molar-refractivity contribution < 1.29 is 9.90 Å². The van der Waals surface area contributed by atoms with Gasteiger partial charge >= 0.3 is 5.97 Å². The molecule has 0 aromatic rings. The lowest BCUT2D eigenvalue weighted by Gasteiger charge is -2.19. The van der Waals surface area contributed by atoms with Crippen molar-refractivity contribution >= 4 is 17.6 Å². The number of aliphatic carboxylic acids is 1. The summed E-state index contributed by atoms with van der Waals surface area (Å²) >= 11 is 5.95. The lowest BCUT2D eigenvalue weighted by molar-refractivity contribution is -0.133. The van der Waals surface area contributed by atoms with Crippen molar-refractivity contribution in [3.05, 3.63) is 11.1 Å². The Morgan fingerprint density at radius 1 is 1.54 bits per heavy atom. The lowest BCUT2D eigenvalue weighted by Crippen LogP contribution is -2.23. The van der Waals surface area contributed by atoms with E-state index < -0.39 is 10.8 Å². The van der Waals surface area contributed by atoms with E-state index >= 15 is 0 Å². The van der Waals surface area contributed by atoms with E-state index in [-0.39, 0.29) is 5.57 Å². The molecule has 3 nitrogen and oxygen atoms in total. The minimum atomic E-state index is -0.967. The Balaban J connectivity index is 5.01. The van der Waals surface area contributed by atoms with Gasteiger partial charge in [0.15, 0.2) is 0 Å². The molecule has 0 heterocycles. The Labute approximate surface area is 83.6 Å². The molecule has 0 aromatic carbocycles. The standard InChI is InChI=1S/C9H16ClNO2/c1-6(4-5-11)7(8(12)13)9(2,3)10/h4-5,11H2,1-3H3,(H,12,13). The highest BCUT2D eigenvalue weighted by Crippen LogP contribution is 2.27. The van der Waals surface area contributed by atoms with E-state index in [4.69, 9.17) is 22.4 Å². The van der Waals surface area contributed by atoms with Crippen LogP contribution in [0.2, 0.25) is 0 Å². The molecule has 3 N–H and O–H groups in total. The first-order valence-electron chi connectivity index (χ1n) is 4.13. The van der Waals surface area contributed by atoms with Crippen molar-refractivity contribution in [3.63, 3.8) is 0 Å². The van der Waals surface area contributed by atoms with Crippen LogP contribution in [-0.4, -0.2) is 22.5 Å². The number of carboxylic acid groups (broad SMARTS) is 1. The van der Waals surface area contributed by atoms with E-state index in [9.17, 15) is 4.79 Å². The summed E-state index contributed by atoms with van der Waals surface area (Å²) in [5.74, 6) is -0.967. The molecule has 76 valence electrons. The zero-order chi connectivity index (χ0) is 10.6. The van der Waals surface area contributed by atoms with Gasteiger partial charge in [-0.2, -0.15) is 0 Å². The summed E-state index contributed by atoms with van der Waals surface area (Å²) < 4.78 is 0. The molecule has 0 rings (SSSR count). The van der Waals surface area contributed by atoms with Crippen molar-refractivity contribution in [2.75, 3.05) is 6.54 Å². The molecule has 0 aliphatic heterocycles. The number of hydrogen-bond donors (Lipinski definition) is 2. The van der Waals surface area contributed by atoms with E-state index in [0.717, 1.165) is 5.57 Å². The van der Waals surface area contributed by atoms with E-state index in [0.29, 0.717) is 13.0 Å². The van der Waals surface area contributed by atoms with E-state index in [1.165, 1.54) is 0 Å². The van der Waals surface area contributed by atoms with Gasteiger partial charge in [0.2, 0.25) is 0 Å². The van der Waals surface area contributed by atoms with Gasteiger partial charge in [0.05, 0.1) is 10.4 Å². The highest BCUT2D eigenvalue weighted by Gasteiger charge is 2.27. The Morgan fingerprint density at radius 3 is 2.23 bits per heavy atom. The first-order chi connectivity index (χ1) is 5.80. The molecule has 0 unspecified atom stereocenters. The molecule has 0 spiro atoms. The minimum Gasteiger partial charge on any atom is -0.478 e. The van der Waals surface area contributed by atoms with Crippen LogP contribution in [-0.2, 0) is 4.79 Å². The maximum absolute atomic E-state index is 10.9. The Kier molecular flexibility index (Phi) is 4.44.